The second-order valence-electron chi connectivity index (χ2n) is 5.44. The zero-order valence-electron chi connectivity index (χ0n) is 12.5. The summed E-state index contributed by atoms with van der Waals surface area (Å²) >= 11 is 0. The number of aliphatic carboxylic acids is 1. The molecule has 0 fully saturated rings. The van der Waals surface area contributed by atoms with Gasteiger partial charge >= 0.3 is 5.97 Å². The highest BCUT2D eigenvalue weighted by Gasteiger charge is 2.15. The fraction of sp³-hybridized carbons (Fsp3) is 0.167. The molecule has 0 spiro atoms. The minimum atomic E-state index is -0.998. The van der Waals surface area contributed by atoms with E-state index in [9.17, 15) is 4.79 Å². The second kappa shape index (κ2) is 6.54. The molecule has 3 aromatic rings. The van der Waals surface area contributed by atoms with E-state index in [4.69, 9.17) is 15.6 Å². The Morgan fingerprint density at radius 1 is 1.22 bits per heavy atom. The normalized spacial score (nSPS) is 12.2. The average Bonchev–Trinajstić information content (AvgIpc) is 2.96. The van der Waals surface area contributed by atoms with Crippen LogP contribution in [0.2, 0.25) is 0 Å². The van der Waals surface area contributed by atoms with Crippen LogP contribution in [0.25, 0.3) is 10.9 Å². The Hall–Kier alpha value is -2.79. The molecule has 1 heterocycles. The third-order valence-electron chi connectivity index (χ3n) is 3.74. The summed E-state index contributed by atoms with van der Waals surface area (Å²) in [6.45, 7) is 0.504. The molecule has 4 N–H and O–H groups in total. The highest BCUT2D eigenvalue weighted by atomic mass is 16.5. The van der Waals surface area contributed by atoms with Crippen LogP contribution in [0.5, 0.6) is 5.75 Å². The van der Waals surface area contributed by atoms with Crippen LogP contribution in [0.3, 0.4) is 0 Å². The maximum Gasteiger partial charge on any atom is 0.320 e. The molecule has 5 heteroatoms. The first-order valence-electron chi connectivity index (χ1n) is 7.38. The lowest BCUT2D eigenvalue weighted by Gasteiger charge is -2.07. The first-order chi connectivity index (χ1) is 11.1. The summed E-state index contributed by atoms with van der Waals surface area (Å²) in [7, 11) is 0. The van der Waals surface area contributed by atoms with Crippen molar-refractivity contribution in [3.05, 3.63) is 65.9 Å². The van der Waals surface area contributed by atoms with E-state index in [-0.39, 0.29) is 0 Å². The maximum absolute atomic E-state index is 10.9. The number of aromatic nitrogens is 1. The van der Waals surface area contributed by atoms with E-state index in [2.05, 4.69) is 4.98 Å². The Morgan fingerprint density at radius 2 is 2.00 bits per heavy atom. The Bertz CT molecular complexity index is 812. The molecule has 0 amide bonds. The van der Waals surface area contributed by atoms with Crippen molar-refractivity contribution in [3.8, 4) is 5.75 Å². The molecule has 2 aromatic carbocycles. The van der Waals surface area contributed by atoms with Crippen LogP contribution < -0.4 is 10.5 Å². The van der Waals surface area contributed by atoms with Crippen molar-refractivity contribution in [1.82, 2.24) is 4.98 Å². The first-order valence-corrected chi connectivity index (χ1v) is 7.38. The summed E-state index contributed by atoms with van der Waals surface area (Å²) in [5.74, 6) is -0.237. The van der Waals surface area contributed by atoms with Gasteiger partial charge in [-0.3, -0.25) is 4.79 Å². The minimum absolute atomic E-state index is 0.291. The molecule has 0 aliphatic carbocycles. The van der Waals surface area contributed by atoms with Gasteiger partial charge in [-0.25, -0.2) is 0 Å². The zero-order chi connectivity index (χ0) is 16.2. The number of rotatable bonds is 6. The third-order valence-corrected chi connectivity index (χ3v) is 3.74. The molecule has 3 rings (SSSR count). The zero-order valence-corrected chi connectivity index (χ0v) is 12.5. The molecule has 0 aliphatic rings. The van der Waals surface area contributed by atoms with Gasteiger partial charge in [-0.05, 0) is 23.3 Å². The fourth-order valence-electron chi connectivity index (χ4n) is 2.49. The standard InChI is InChI=1S/C18H18N2O3/c19-16(18(21)22)8-13-10-20-17-9-14(6-7-15(13)17)23-11-12-4-2-1-3-5-12/h1-7,9-10,16,20H,8,11,19H2,(H,21,22)/t16-/m0/s1. The molecule has 0 aliphatic heterocycles. The van der Waals surface area contributed by atoms with Gasteiger partial charge in [0.25, 0.3) is 0 Å². The molecule has 0 bridgehead atoms. The fourth-order valence-corrected chi connectivity index (χ4v) is 2.49. The van der Waals surface area contributed by atoms with E-state index in [1.54, 1.807) is 6.20 Å². The van der Waals surface area contributed by atoms with Gasteiger partial charge in [-0.1, -0.05) is 30.3 Å². The van der Waals surface area contributed by atoms with E-state index in [1.165, 1.54) is 0 Å². The van der Waals surface area contributed by atoms with Crippen molar-refractivity contribution < 1.29 is 14.6 Å². The van der Waals surface area contributed by atoms with Crippen molar-refractivity contribution in [3.63, 3.8) is 0 Å². The summed E-state index contributed by atoms with van der Waals surface area (Å²) in [6, 6.07) is 14.8. The van der Waals surface area contributed by atoms with Gasteiger partial charge in [0.05, 0.1) is 0 Å². The number of carboxylic acids is 1. The molecule has 5 nitrogen and oxygen atoms in total. The van der Waals surface area contributed by atoms with Crippen LogP contribution in [-0.4, -0.2) is 22.1 Å². The summed E-state index contributed by atoms with van der Waals surface area (Å²) in [6.07, 6.45) is 2.09. The van der Waals surface area contributed by atoms with Crippen LogP contribution in [0.15, 0.2) is 54.7 Å². The van der Waals surface area contributed by atoms with Gasteiger partial charge in [-0.2, -0.15) is 0 Å². The number of hydrogen-bond donors (Lipinski definition) is 3. The number of H-pyrrole nitrogens is 1. The van der Waals surface area contributed by atoms with Crippen molar-refractivity contribution in [2.75, 3.05) is 0 Å². The van der Waals surface area contributed by atoms with Crippen molar-refractivity contribution in [1.29, 1.82) is 0 Å². The van der Waals surface area contributed by atoms with Crippen molar-refractivity contribution in [2.24, 2.45) is 5.73 Å². The van der Waals surface area contributed by atoms with E-state index < -0.39 is 12.0 Å². The van der Waals surface area contributed by atoms with Crippen LogP contribution >= 0.6 is 0 Å². The van der Waals surface area contributed by atoms with Gasteiger partial charge < -0.3 is 20.6 Å². The first kappa shape index (κ1) is 15.1. The molecule has 1 aromatic heterocycles. The topological polar surface area (TPSA) is 88.3 Å². The molecule has 23 heavy (non-hydrogen) atoms. The molecule has 0 saturated carbocycles. The summed E-state index contributed by atoms with van der Waals surface area (Å²) in [5.41, 5.74) is 8.51. The van der Waals surface area contributed by atoms with E-state index in [0.29, 0.717) is 13.0 Å². The Kier molecular flexibility index (Phi) is 4.30. The highest BCUT2D eigenvalue weighted by molar-refractivity contribution is 5.85. The molecular formula is C18H18N2O3. The number of carboxylic acid groups (broad SMARTS) is 1. The molecular weight excluding hydrogens is 292 g/mol. The number of aromatic amines is 1. The van der Waals surface area contributed by atoms with Crippen molar-refractivity contribution >= 4 is 16.9 Å². The number of nitrogens with two attached hydrogens (primary N) is 1. The largest absolute Gasteiger partial charge is 0.489 e. The van der Waals surface area contributed by atoms with E-state index in [1.807, 2.05) is 48.5 Å². The van der Waals surface area contributed by atoms with Crippen LogP contribution in [0.1, 0.15) is 11.1 Å². The van der Waals surface area contributed by atoms with E-state index >= 15 is 0 Å². The third kappa shape index (κ3) is 3.52. The second-order valence-corrected chi connectivity index (χ2v) is 5.44. The van der Waals surface area contributed by atoms with Crippen LogP contribution in [0.4, 0.5) is 0 Å². The summed E-state index contributed by atoms with van der Waals surface area (Å²) in [4.78, 5) is 14.0. The number of nitrogens with one attached hydrogen (secondary N) is 1. The lowest BCUT2D eigenvalue weighted by Crippen LogP contribution is -2.32. The Labute approximate surface area is 133 Å². The van der Waals surface area contributed by atoms with Gasteiger partial charge in [-0.15, -0.1) is 0 Å². The molecule has 0 saturated heterocycles. The molecule has 1 atom stereocenters. The SMILES string of the molecule is N[C@@H](Cc1c[nH]c2cc(OCc3ccccc3)ccc12)C(=O)O. The quantitative estimate of drug-likeness (QED) is 0.653. The van der Waals surface area contributed by atoms with E-state index in [0.717, 1.165) is 27.8 Å². The maximum atomic E-state index is 10.9. The van der Waals surface area contributed by atoms with Gasteiger partial charge in [0, 0.05) is 29.6 Å². The summed E-state index contributed by atoms with van der Waals surface area (Å²) < 4.78 is 5.79. The number of carbonyl (C=O) groups is 1. The lowest BCUT2D eigenvalue weighted by molar-refractivity contribution is -0.138. The molecule has 118 valence electrons. The summed E-state index contributed by atoms with van der Waals surface area (Å²) in [5, 5.41) is 9.89. The van der Waals surface area contributed by atoms with Gasteiger partial charge in [0.2, 0.25) is 0 Å². The van der Waals surface area contributed by atoms with Gasteiger partial charge in [0.15, 0.2) is 0 Å². The predicted octanol–water partition coefficient (Wildman–Crippen LogP) is 2.70. The number of ether oxygens (including phenoxy) is 1. The smallest absolute Gasteiger partial charge is 0.320 e. The molecule has 0 radical (unpaired) electrons. The molecule has 0 unspecified atom stereocenters. The minimum Gasteiger partial charge on any atom is -0.489 e. The van der Waals surface area contributed by atoms with Crippen LogP contribution in [-0.2, 0) is 17.8 Å². The average molecular weight is 310 g/mol. The van der Waals surface area contributed by atoms with Gasteiger partial charge in [0.1, 0.15) is 18.4 Å². The number of fused-ring (bicyclic) bond motifs is 1. The number of hydrogen-bond acceptors (Lipinski definition) is 3. The Morgan fingerprint density at radius 3 is 2.74 bits per heavy atom. The predicted molar refractivity (Wildman–Crippen MR) is 88.4 cm³/mol. The number of benzene rings is 2. The van der Waals surface area contributed by atoms with Crippen molar-refractivity contribution in [2.45, 2.75) is 19.1 Å². The lowest BCUT2D eigenvalue weighted by atomic mass is 10.1. The Balaban J connectivity index is 1.74. The monoisotopic (exact) mass is 310 g/mol. The van der Waals surface area contributed by atoms with Crippen LogP contribution in [0, 0.1) is 0 Å². The highest BCUT2D eigenvalue weighted by Crippen LogP contribution is 2.24.